The summed E-state index contributed by atoms with van der Waals surface area (Å²) >= 11 is 11.1. The van der Waals surface area contributed by atoms with Crippen LogP contribution in [0.15, 0.2) is 18.2 Å². The van der Waals surface area contributed by atoms with Crippen molar-refractivity contribution in [2.75, 3.05) is 0 Å². The number of carbonyl (C=O) groups is 1. The van der Waals surface area contributed by atoms with E-state index in [1.165, 1.54) is 18.2 Å². The molecule has 2 nitrogen and oxygen atoms in total. The maximum absolute atomic E-state index is 10.4. The van der Waals surface area contributed by atoms with Crippen LogP contribution in [0.2, 0.25) is 10.0 Å². The van der Waals surface area contributed by atoms with Crippen LogP contribution in [0.1, 0.15) is 10.4 Å². The zero-order valence-corrected chi connectivity index (χ0v) is 10.5. The molecule has 0 saturated carbocycles. The van der Waals surface area contributed by atoms with E-state index in [9.17, 15) is 4.79 Å². The average molecular weight is 256 g/mol. The van der Waals surface area contributed by atoms with Crippen molar-refractivity contribution in [2.45, 2.75) is 0 Å². The molecule has 0 bridgehead atoms. The van der Waals surface area contributed by atoms with Crippen molar-refractivity contribution in [1.29, 1.82) is 0 Å². The summed E-state index contributed by atoms with van der Waals surface area (Å²) in [7, 11) is 0. The van der Waals surface area contributed by atoms with Gasteiger partial charge in [0.2, 0.25) is 0 Å². The molecule has 5 heteroatoms. The summed E-state index contributed by atoms with van der Waals surface area (Å²) in [6, 6.07) is 4.16. The summed E-state index contributed by atoms with van der Waals surface area (Å²) in [6.45, 7) is 0. The van der Waals surface area contributed by atoms with E-state index < -0.39 is 5.97 Å². The van der Waals surface area contributed by atoms with Crippen LogP contribution in [0.25, 0.3) is 0 Å². The van der Waals surface area contributed by atoms with Crippen LogP contribution in [-0.4, -0.2) is 11.1 Å². The minimum absolute atomic E-state index is 0. The minimum atomic E-state index is -1.01. The Labute approximate surface area is 92.2 Å². The van der Waals surface area contributed by atoms with Gasteiger partial charge in [0.05, 0.1) is 15.6 Å². The molecule has 0 aliphatic carbocycles. The summed E-state index contributed by atoms with van der Waals surface area (Å²) < 4.78 is 0. The van der Waals surface area contributed by atoms with Crippen molar-refractivity contribution in [2.24, 2.45) is 0 Å². The van der Waals surface area contributed by atoms with Gasteiger partial charge in [0.15, 0.2) is 0 Å². The van der Waals surface area contributed by atoms with Gasteiger partial charge in [-0.3, -0.25) is 0 Å². The van der Waals surface area contributed by atoms with Gasteiger partial charge in [-0.1, -0.05) is 23.2 Å². The third kappa shape index (κ3) is 2.74. The van der Waals surface area contributed by atoms with Gasteiger partial charge in [0, 0.05) is 19.5 Å². The van der Waals surface area contributed by atoms with Crippen LogP contribution in [0.3, 0.4) is 0 Å². The normalized spacial score (nSPS) is 8.83. The molecule has 0 heterocycles. The second-order valence-electron chi connectivity index (χ2n) is 1.93. The van der Waals surface area contributed by atoms with E-state index in [0.717, 1.165) is 0 Å². The first-order chi connectivity index (χ1) is 5.11. The molecule has 0 atom stereocenters. The van der Waals surface area contributed by atoms with E-state index in [4.69, 9.17) is 28.3 Å². The van der Waals surface area contributed by atoms with E-state index >= 15 is 0 Å². The second kappa shape index (κ2) is 4.81. The molecule has 0 saturated heterocycles. The maximum atomic E-state index is 10.4. The molecule has 0 aromatic heterocycles. The minimum Gasteiger partial charge on any atom is -0.478 e. The van der Waals surface area contributed by atoms with Gasteiger partial charge in [-0.05, 0) is 18.2 Å². The molecule has 1 aromatic rings. The van der Waals surface area contributed by atoms with Crippen LogP contribution in [0, 0.1) is 0 Å². The van der Waals surface area contributed by atoms with Gasteiger partial charge < -0.3 is 5.11 Å². The molecule has 1 N–H and O–H groups in total. The fourth-order valence-corrected chi connectivity index (χ4v) is 0.927. The van der Waals surface area contributed by atoms with Crippen LogP contribution in [0.4, 0.5) is 0 Å². The molecule has 60 valence electrons. The quantitative estimate of drug-likeness (QED) is 0.784. The van der Waals surface area contributed by atoms with E-state index in [2.05, 4.69) is 0 Å². The molecule has 0 fully saturated rings. The summed E-state index contributed by atoms with van der Waals surface area (Å²) in [5.74, 6) is -1.01. The molecule has 0 aliphatic rings. The van der Waals surface area contributed by atoms with Crippen molar-refractivity contribution in [3.8, 4) is 0 Å². The molecular formula is C7H4Cl2O2Zn. The predicted molar refractivity (Wildman–Crippen MR) is 43.4 cm³/mol. The Morgan fingerprint density at radius 3 is 2.25 bits per heavy atom. The number of aromatic carboxylic acids is 1. The first kappa shape index (κ1) is 11.9. The molecule has 0 aliphatic heterocycles. The summed E-state index contributed by atoms with van der Waals surface area (Å²) in [6.07, 6.45) is 0. The molecule has 1 rings (SSSR count). The number of hydrogen-bond donors (Lipinski definition) is 1. The van der Waals surface area contributed by atoms with E-state index in [1.54, 1.807) is 0 Å². The van der Waals surface area contributed by atoms with Gasteiger partial charge in [0.25, 0.3) is 0 Å². The number of hydrogen-bond acceptors (Lipinski definition) is 1. The van der Waals surface area contributed by atoms with Crippen LogP contribution in [-0.2, 0) is 19.5 Å². The van der Waals surface area contributed by atoms with Crippen molar-refractivity contribution >= 4 is 29.2 Å². The molecular weight excluding hydrogens is 252 g/mol. The monoisotopic (exact) mass is 254 g/mol. The topological polar surface area (TPSA) is 37.3 Å². The van der Waals surface area contributed by atoms with Gasteiger partial charge in [-0.15, -0.1) is 0 Å². The first-order valence-electron chi connectivity index (χ1n) is 2.79. The SMILES string of the molecule is O=C(O)c1ccc(Cl)c(Cl)c1.[Zn]. The van der Waals surface area contributed by atoms with Crippen molar-refractivity contribution in [1.82, 2.24) is 0 Å². The molecule has 0 unspecified atom stereocenters. The number of rotatable bonds is 1. The molecule has 1 aromatic carbocycles. The first-order valence-corrected chi connectivity index (χ1v) is 3.55. The van der Waals surface area contributed by atoms with E-state index in [1.807, 2.05) is 0 Å². The van der Waals surface area contributed by atoms with E-state index in [-0.39, 0.29) is 30.1 Å². The van der Waals surface area contributed by atoms with Gasteiger partial charge in [-0.2, -0.15) is 0 Å². The largest absolute Gasteiger partial charge is 0.478 e. The zero-order chi connectivity index (χ0) is 8.43. The van der Waals surface area contributed by atoms with E-state index in [0.29, 0.717) is 5.02 Å². The molecule has 0 amide bonds. The average Bonchev–Trinajstić information content (AvgIpc) is 1.94. The van der Waals surface area contributed by atoms with Crippen LogP contribution >= 0.6 is 23.2 Å². The van der Waals surface area contributed by atoms with Gasteiger partial charge >= 0.3 is 5.97 Å². The third-order valence-corrected chi connectivity index (χ3v) is 1.91. The Morgan fingerprint density at radius 1 is 1.25 bits per heavy atom. The molecule has 12 heavy (non-hydrogen) atoms. The zero-order valence-electron chi connectivity index (χ0n) is 6.05. The number of benzene rings is 1. The van der Waals surface area contributed by atoms with Crippen molar-refractivity contribution < 1.29 is 29.4 Å². The summed E-state index contributed by atoms with van der Waals surface area (Å²) in [4.78, 5) is 10.4. The number of halogens is 2. The Morgan fingerprint density at radius 2 is 1.83 bits per heavy atom. The fraction of sp³-hybridized carbons (Fsp3) is 0. The summed E-state index contributed by atoms with van der Waals surface area (Å²) in [5.41, 5.74) is 0.138. The van der Waals surface area contributed by atoms with Crippen LogP contribution in [0.5, 0.6) is 0 Å². The Hall–Kier alpha value is -0.107. The Balaban J connectivity index is 0.00000121. The standard InChI is InChI=1S/C7H4Cl2O2.Zn/c8-5-2-1-4(7(10)11)3-6(5)9;/h1-3H,(H,10,11);. The van der Waals surface area contributed by atoms with Gasteiger partial charge in [0.1, 0.15) is 0 Å². The molecule has 0 spiro atoms. The number of carboxylic acid groups (broad SMARTS) is 1. The van der Waals surface area contributed by atoms with Crippen molar-refractivity contribution in [3.05, 3.63) is 33.8 Å². The van der Waals surface area contributed by atoms with Crippen LogP contribution < -0.4 is 0 Å². The van der Waals surface area contributed by atoms with Crippen molar-refractivity contribution in [3.63, 3.8) is 0 Å². The smallest absolute Gasteiger partial charge is 0.335 e. The molecule has 0 radical (unpaired) electrons. The third-order valence-electron chi connectivity index (χ3n) is 1.17. The van der Waals surface area contributed by atoms with Gasteiger partial charge in [-0.25, -0.2) is 4.79 Å². The second-order valence-corrected chi connectivity index (χ2v) is 2.75. The number of carboxylic acids is 1. The maximum Gasteiger partial charge on any atom is 0.335 e. The fourth-order valence-electron chi connectivity index (χ4n) is 0.629. The summed E-state index contributed by atoms with van der Waals surface area (Å²) in [5, 5.41) is 9.11. The Kier molecular flexibility index (Phi) is 4.76. The predicted octanol–water partition coefficient (Wildman–Crippen LogP) is 2.69. The Bertz CT molecular complexity index is 301.